The summed E-state index contributed by atoms with van der Waals surface area (Å²) >= 11 is 14.6. The lowest BCUT2D eigenvalue weighted by Crippen LogP contribution is -2.00. The molecule has 3 rings (SSSR count). The van der Waals surface area contributed by atoms with Gasteiger partial charge in [0.1, 0.15) is 0 Å². The van der Waals surface area contributed by atoms with Crippen LogP contribution in [0.25, 0.3) is 0 Å². The number of benzene rings is 2. The molecule has 0 radical (unpaired) electrons. The first-order valence-corrected chi connectivity index (χ1v) is 8.40. The average Bonchev–Trinajstić information content (AvgIpc) is 2.89. The molecule has 0 saturated carbocycles. The van der Waals surface area contributed by atoms with Crippen LogP contribution in [0.15, 0.2) is 58.1 Å². The van der Waals surface area contributed by atoms with Gasteiger partial charge in [-0.25, -0.2) is 0 Å². The summed E-state index contributed by atoms with van der Waals surface area (Å²) in [4.78, 5) is 0. The maximum atomic E-state index is 5.88. The fourth-order valence-electron chi connectivity index (χ4n) is 2.02. The molecule has 0 amide bonds. The second-order valence-corrected chi connectivity index (χ2v) is 6.59. The van der Waals surface area contributed by atoms with Gasteiger partial charge in [0, 0.05) is 15.9 Å². The Hall–Kier alpha value is -1.76. The smallest absolute Gasteiger partial charge is 0.216 e. The van der Waals surface area contributed by atoms with E-state index in [1.54, 1.807) is 10.9 Å². The van der Waals surface area contributed by atoms with Crippen LogP contribution in [0.3, 0.4) is 0 Å². The first kappa shape index (κ1) is 16.1. The normalized spacial score (nSPS) is 11.2. The van der Waals surface area contributed by atoms with Gasteiger partial charge in [-0.1, -0.05) is 51.8 Å². The van der Waals surface area contributed by atoms with Crippen LogP contribution in [-0.2, 0) is 6.42 Å². The molecule has 1 N–H and O–H groups in total. The number of aromatic amines is 1. The summed E-state index contributed by atoms with van der Waals surface area (Å²) in [6.07, 6.45) is 2.37. The summed E-state index contributed by atoms with van der Waals surface area (Å²) < 4.78 is 3.13. The number of hydrogen-bond acceptors (Lipinski definition) is 3. The molecule has 0 saturated heterocycles. The van der Waals surface area contributed by atoms with Crippen molar-refractivity contribution in [3.8, 4) is 0 Å². The molecular formula is C16H12BrClN4S. The number of nitrogens with zero attached hydrogens (tertiary/aromatic N) is 3. The molecule has 7 heteroatoms. The van der Waals surface area contributed by atoms with Gasteiger partial charge >= 0.3 is 0 Å². The molecule has 2 aromatic carbocycles. The van der Waals surface area contributed by atoms with Gasteiger partial charge in [0.25, 0.3) is 0 Å². The van der Waals surface area contributed by atoms with E-state index in [-0.39, 0.29) is 0 Å². The summed E-state index contributed by atoms with van der Waals surface area (Å²) in [6.45, 7) is 0. The Balaban J connectivity index is 1.85. The SMILES string of the molecule is S=c1[nH]nc(Cc2ccc(Br)cc2)n1N=Cc1ccc(Cl)cc1. The maximum Gasteiger partial charge on any atom is 0.216 e. The standard InChI is InChI=1S/C16H12BrClN4S/c17-13-5-1-11(2-6-13)9-15-20-21-16(23)22(15)19-10-12-3-7-14(18)8-4-12/h1-8,10H,9H2,(H,21,23). The van der Waals surface area contributed by atoms with Crippen LogP contribution < -0.4 is 0 Å². The summed E-state index contributed by atoms with van der Waals surface area (Å²) in [5.41, 5.74) is 2.07. The number of hydrogen-bond donors (Lipinski definition) is 1. The van der Waals surface area contributed by atoms with Gasteiger partial charge in [-0.2, -0.15) is 14.9 Å². The van der Waals surface area contributed by atoms with Crippen molar-refractivity contribution < 1.29 is 0 Å². The fraction of sp³-hybridized carbons (Fsp3) is 0.0625. The third-order valence-corrected chi connectivity index (χ3v) is 4.23. The van der Waals surface area contributed by atoms with Crippen LogP contribution in [0.5, 0.6) is 0 Å². The zero-order valence-corrected chi connectivity index (χ0v) is 15.1. The molecular weight excluding hydrogens is 396 g/mol. The Kier molecular flexibility index (Phi) is 5.05. The van der Waals surface area contributed by atoms with Gasteiger partial charge in [-0.15, -0.1) is 0 Å². The van der Waals surface area contributed by atoms with Crippen molar-refractivity contribution in [1.29, 1.82) is 0 Å². The third kappa shape index (κ3) is 4.16. The second-order valence-electron chi connectivity index (χ2n) is 4.86. The van der Waals surface area contributed by atoms with Crippen LogP contribution in [0.1, 0.15) is 17.0 Å². The predicted molar refractivity (Wildman–Crippen MR) is 98.8 cm³/mol. The van der Waals surface area contributed by atoms with Crippen molar-refractivity contribution in [2.24, 2.45) is 5.10 Å². The molecule has 0 aliphatic carbocycles. The number of halogens is 2. The molecule has 0 unspecified atom stereocenters. The minimum Gasteiger partial charge on any atom is -0.250 e. The highest BCUT2D eigenvalue weighted by Crippen LogP contribution is 2.14. The summed E-state index contributed by atoms with van der Waals surface area (Å²) in [5, 5.41) is 12.2. The molecule has 0 spiro atoms. The van der Waals surface area contributed by atoms with E-state index in [1.165, 1.54) is 0 Å². The van der Waals surface area contributed by atoms with E-state index >= 15 is 0 Å². The molecule has 0 atom stereocenters. The molecule has 1 aromatic heterocycles. The summed E-state index contributed by atoms with van der Waals surface area (Å²) in [6, 6.07) is 15.5. The van der Waals surface area contributed by atoms with Gasteiger partial charge in [-0.05, 0) is 47.6 Å². The van der Waals surface area contributed by atoms with E-state index in [0.717, 1.165) is 21.4 Å². The van der Waals surface area contributed by atoms with Crippen LogP contribution in [0.4, 0.5) is 0 Å². The monoisotopic (exact) mass is 406 g/mol. The van der Waals surface area contributed by atoms with Crippen LogP contribution >= 0.6 is 39.7 Å². The summed E-state index contributed by atoms with van der Waals surface area (Å²) in [5.74, 6) is 0.752. The van der Waals surface area contributed by atoms with E-state index in [2.05, 4.69) is 31.2 Å². The lowest BCUT2D eigenvalue weighted by atomic mass is 10.1. The van der Waals surface area contributed by atoms with Crippen molar-refractivity contribution in [1.82, 2.24) is 14.9 Å². The highest BCUT2D eigenvalue weighted by atomic mass is 79.9. The quantitative estimate of drug-likeness (QED) is 0.497. The van der Waals surface area contributed by atoms with E-state index in [9.17, 15) is 0 Å². The Morgan fingerprint density at radius 2 is 1.87 bits per heavy atom. The molecule has 116 valence electrons. The lowest BCUT2D eigenvalue weighted by molar-refractivity contribution is 0.792. The highest BCUT2D eigenvalue weighted by molar-refractivity contribution is 9.10. The van der Waals surface area contributed by atoms with E-state index in [4.69, 9.17) is 23.8 Å². The molecule has 4 nitrogen and oxygen atoms in total. The van der Waals surface area contributed by atoms with Gasteiger partial charge in [0.15, 0.2) is 5.82 Å². The Morgan fingerprint density at radius 3 is 2.57 bits per heavy atom. The number of H-pyrrole nitrogens is 1. The number of nitrogens with one attached hydrogen (secondary N) is 1. The molecule has 1 heterocycles. The van der Waals surface area contributed by atoms with E-state index in [1.807, 2.05) is 48.5 Å². The zero-order chi connectivity index (χ0) is 16.2. The van der Waals surface area contributed by atoms with Crippen LogP contribution in [0, 0.1) is 4.77 Å². The summed E-state index contributed by atoms with van der Waals surface area (Å²) in [7, 11) is 0. The van der Waals surface area contributed by atoms with Gasteiger partial charge in [0.2, 0.25) is 4.77 Å². The van der Waals surface area contributed by atoms with E-state index < -0.39 is 0 Å². The van der Waals surface area contributed by atoms with E-state index in [0.29, 0.717) is 16.2 Å². The lowest BCUT2D eigenvalue weighted by Gasteiger charge is -2.02. The first-order valence-electron chi connectivity index (χ1n) is 6.82. The van der Waals surface area contributed by atoms with Crippen LogP contribution in [-0.4, -0.2) is 21.1 Å². The second kappa shape index (κ2) is 7.21. The van der Waals surface area contributed by atoms with Gasteiger partial charge in [0.05, 0.1) is 6.21 Å². The molecule has 0 aliphatic rings. The Labute approximate surface area is 151 Å². The maximum absolute atomic E-state index is 5.88. The molecule has 0 fully saturated rings. The van der Waals surface area contributed by atoms with Crippen molar-refractivity contribution >= 4 is 46.0 Å². The largest absolute Gasteiger partial charge is 0.250 e. The van der Waals surface area contributed by atoms with Crippen molar-refractivity contribution in [2.45, 2.75) is 6.42 Å². The number of aromatic nitrogens is 3. The number of rotatable bonds is 4. The molecule has 0 bridgehead atoms. The fourth-order valence-corrected chi connectivity index (χ4v) is 2.60. The minimum absolute atomic E-state index is 0.460. The van der Waals surface area contributed by atoms with Crippen molar-refractivity contribution in [3.63, 3.8) is 0 Å². The predicted octanol–water partition coefficient (Wildman–Crippen LogP) is 4.83. The van der Waals surface area contributed by atoms with Crippen molar-refractivity contribution in [2.75, 3.05) is 0 Å². The van der Waals surface area contributed by atoms with Gasteiger partial charge in [-0.3, -0.25) is 5.10 Å². The zero-order valence-electron chi connectivity index (χ0n) is 11.9. The molecule has 3 aromatic rings. The van der Waals surface area contributed by atoms with Crippen LogP contribution in [0.2, 0.25) is 5.02 Å². The average molecular weight is 408 g/mol. The Morgan fingerprint density at radius 1 is 1.17 bits per heavy atom. The Bertz CT molecular complexity index is 882. The first-order chi connectivity index (χ1) is 11.1. The molecule has 0 aliphatic heterocycles. The minimum atomic E-state index is 0.460. The topological polar surface area (TPSA) is 46.0 Å². The van der Waals surface area contributed by atoms with Gasteiger partial charge < -0.3 is 0 Å². The third-order valence-electron chi connectivity index (χ3n) is 3.19. The highest BCUT2D eigenvalue weighted by Gasteiger charge is 2.06. The molecule has 23 heavy (non-hydrogen) atoms. The van der Waals surface area contributed by atoms with Crippen molar-refractivity contribution in [3.05, 3.63) is 79.7 Å².